The Morgan fingerprint density at radius 3 is 2.43 bits per heavy atom. The van der Waals surface area contributed by atoms with E-state index in [2.05, 4.69) is 9.72 Å². The van der Waals surface area contributed by atoms with E-state index in [9.17, 15) is 4.79 Å². The second kappa shape index (κ2) is 8.42. The van der Waals surface area contributed by atoms with Gasteiger partial charge in [-0.2, -0.15) is 23.9 Å². The molecule has 1 aromatic heterocycles. The third-order valence-corrected chi connectivity index (χ3v) is 3.44. The molecule has 2 N–H and O–H groups in total. The second-order valence-electron chi connectivity index (χ2n) is 3.86. The fourth-order valence-corrected chi connectivity index (χ4v) is 2.44. The Morgan fingerprint density at radius 2 is 1.95 bits per heavy atom. The number of carbonyl (C=O) groups excluding carboxylic acids is 1. The van der Waals surface area contributed by atoms with Crippen LogP contribution in [0.2, 0.25) is 0 Å². The molecule has 0 aliphatic carbocycles. The molecule has 1 heterocycles. The van der Waals surface area contributed by atoms with E-state index in [1.807, 2.05) is 54.6 Å². The Bertz CT molecular complexity index is 628. The number of thiazole rings is 1. The van der Waals surface area contributed by atoms with Gasteiger partial charge >= 0.3 is 0 Å². The molecular weight excluding hydrogens is 328 g/mol. The van der Waals surface area contributed by atoms with Crippen LogP contribution in [0.25, 0.3) is 10.4 Å². The van der Waals surface area contributed by atoms with Crippen molar-refractivity contribution >= 4 is 22.4 Å². The third kappa shape index (κ3) is 4.56. The van der Waals surface area contributed by atoms with Gasteiger partial charge in [0.05, 0.1) is 7.11 Å². The van der Waals surface area contributed by atoms with E-state index < -0.39 is 5.97 Å². The molecule has 3 rings (SSSR count). The maximum atomic E-state index is 11.4. The summed E-state index contributed by atoms with van der Waals surface area (Å²) in [5.74, 6) is -0.459. The number of methoxy groups -OCH3 is 1. The number of esters is 1. The normalized spacial score (nSPS) is 9.19. The number of anilines is 1. The van der Waals surface area contributed by atoms with Gasteiger partial charge in [0.1, 0.15) is 5.13 Å². The van der Waals surface area contributed by atoms with Crippen molar-refractivity contribution < 1.29 is 26.6 Å². The molecule has 0 fully saturated rings. The molecule has 0 bridgehead atoms. The number of ether oxygens (including phenoxy) is 1. The molecule has 0 unspecified atom stereocenters. The summed E-state index contributed by atoms with van der Waals surface area (Å²) in [5, 5.41) is 0.367. The average molecular weight is 342 g/mol. The summed E-state index contributed by atoms with van der Waals surface area (Å²) < 4.78 is 4.64. The van der Waals surface area contributed by atoms with Crippen molar-refractivity contribution in [1.82, 2.24) is 4.98 Å². The summed E-state index contributed by atoms with van der Waals surface area (Å²) in [6.45, 7) is 0. The molecule has 2 aromatic carbocycles. The van der Waals surface area contributed by atoms with Crippen molar-refractivity contribution in [3.8, 4) is 10.4 Å². The van der Waals surface area contributed by atoms with E-state index in [1.54, 1.807) is 0 Å². The molecule has 0 atom stereocenters. The van der Waals surface area contributed by atoms with Crippen LogP contribution in [0.3, 0.4) is 0 Å². The van der Waals surface area contributed by atoms with E-state index in [-0.39, 0.29) is 22.8 Å². The number of nitrogens with two attached hydrogens (primary N) is 1. The van der Waals surface area contributed by atoms with Crippen molar-refractivity contribution in [3.05, 3.63) is 60.3 Å². The number of nitrogen functional groups attached to an aromatic ring is 1. The summed E-state index contributed by atoms with van der Waals surface area (Å²) in [6, 6.07) is 17.6. The number of aromatic nitrogens is 1. The molecule has 21 heavy (non-hydrogen) atoms. The maximum Gasteiger partial charge on any atom is 0.206 e. The van der Waals surface area contributed by atoms with Gasteiger partial charge < -0.3 is 61.5 Å². The van der Waals surface area contributed by atoms with Crippen molar-refractivity contribution in [2.75, 3.05) is 12.8 Å². The summed E-state index contributed by atoms with van der Waals surface area (Å²) in [5.41, 5.74) is 6.80. The predicted octanol–water partition coefficient (Wildman–Crippen LogP) is 3.30. The Hall–Kier alpha value is -1.88. The average Bonchev–Trinajstić information content (AvgIpc) is 3.19. The van der Waals surface area contributed by atoms with Crippen LogP contribution in [0.5, 0.6) is 0 Å². The van der Waals surface area contributed by atoms with Gasteiger partial charge in [0.25, 0.3) is 0 Å². The van der Waals surface area contributed by atoms with Crippen LogP contribution in [-0.4, -0.2) is 18.1 Å². The molecule has 0 radical (unpaired) electrons. The van der Waals surface area contributed by atoms with Crippen molar-refractivity contribution in [2.45, 2.75) is 0 Å². The molecular formula is C15H14FeN2O2S-6. The summed E-state index contributed by atoms with van der Waals surface area (Å²) in [4.78, 5) is 16.1. The zero-order valence-electron chi connectivity index (χ0n) is 11.3. The monoisotopic (exact) mass is 342 g/mol. The quantitative estimate of drug-likeness (QED) is 0.441. The predicted molar refractivity (Wildman–Crippen MR) is 80.9 cm³/mol. The molecule has 0 spiro atoms. The maximum absolute atomic E-state index is 11.4. The molecule has 0 aliphatic heterocycles. The van der Waals surface area contributed by atoms with Crippen molar-refractivity contribution in [1.29, 1.82) is 0 Å². The molecule has 0 saturated carbocycles. The molecule has 3 aromatic rings. The van der Waals surface area contributed by atoms with Gasteiger partial charge in [0, 0.05) is 17.1 Å². The standard InChI is InChI=1S/C10H9N2O2S.C5H5.Fe/c1-14-9(13)7-8(15-10(11)12-7)6-4-2-3-5-6;1-2-4-5-3-1;/h2-5H,1H3,(H2,11,12);1-5H;/q-5;-1;. The minimum atomic E-state index is -0.459. The molecule has 4 nitrogen and oxygen atoms in total. The smallest absolute Gasteiger partial charge is 0.206 e. The third-order valence-electron chi connectivity index (χ3n) is 2.50. The molecule has 6 heteroatoms. The molecule has 0 amide bonds. The van der Waals surface area contributed by atoms with Crippen LogP contribution in [0.1, 0.15) is 10.5 Å². The molecule has 0 aliphatic rings. The summed E-state index contributed by atoms with van der Waals surface area (Å²) in [7, 11) is 1.33. The van der Waals surface area contributed by atoms with Crippen LogP contribution >= 0.6 is 11.3 Å². The van der Waals surface area contributed by atoms with Crippen molar-refractivity contribution in [2.24, 2.45) is 0 Å². The minimum Gasteiger partial charge on any atom is -0.669 e. The van der Waals surface area contributed by atoms with Crippen molar-refractivity contribution in [3.63, 3.8) is 0 Å². The number of hydrogen-bond acceptors (Lipinski definition) is 5. The Kier molecular flexibility index (Phi) is 6.88. The van der Waals surface area contributed by atoms with Gasteiger partial charge in [-0.3, -0.25) is 4.79 Å². The molecule has 0 saturated heterocycles. The zero-order chi connectivity index (χ0) is 14.4. The van der Waals surface area contributed by atoms with Crippen LogP contribution < -0.4 is 5.73 Å². The first-order valence-electron chi connectivity index (χ1n) is 5.95. The number of rotatable bonds is 2. The summed E-state index contributed by atoms with van der Waals surface area (Å²) >= 11 is 1.28. The number of hydrogen-bond donors (Lipinski definition) is 1. The van der Waals surface area contributed by atoms with E-state index in [0.717, 1.165) is 10.4 Å². The van der Waals surface area contributed by atoms with E-state index in [0.29, 0.717) is 5.13 Å². The Balaban J connectivity index is 0.000000313. The van der Waals surface area contributed by atoms with Gasteiger partial charge in [0.15, 0.2) is 0 Å². The first-order chi connectivity index (χ1) is 9.72. The van der Waals surface area contributed by atoms with Crippen LogP contribution in [0.4, 0.5) is 5.13 Å². The van der Waals surface area contributed by atoms with E-state index in [1.165, 1.54) is 18.4 Å². The number of nitrogens with zero attached hydrogens (tertiary/aromatic N) is 1. The first-order valence-corrected chi connectivity index (χ1v) is 6.77. The van der Waals surface area contributed by atoms with Gasteiger partial charge in [0.2, 0.25) is 5.97 Å². The minimum absolute atomic E-state index is 0. The van der Waals surface area contributed by atoms with Crippen LogP contribution in [0.15, 0.2) is 54.6 Å². The second-order valence-corrected chi connectivity index (χ2v) is 4.89. The van der Waals surface area contributed by atoms with Gasteiger partial charge in [-0.25, -0.2) is 12.1 Å². The van der Waals surface area contributed by atoms with Gasteiger partial charge in [-0.05, 0) is 0 Å². The van der Waals surface area contributed by atoms with Gasteiger partial charge in [-0.15, -0.1) is 0 Å². The largest absolute Gasteiger partial charge is 0.669 e. The SMILES string of the molecule is COC(=O)c1nc(N)sc1-[c-]1[cH-][cH-][cH-][cH-]1.[Fe].c1cc[cH-]c1. The Morgan fingerprint density at radius 1 is 1.33 bits per heavy atom. The van der Waals surface area contributed by atoms with Crippen LogP contribution in [-0.2, 0) is 21.8 Å². The van der Waals surface area contributed by atoms with E-state index >= 15 is 0 Å². The molecule has 116 valence electrons. The topological polar surface area (TPSA) is 65.2 Å². The number of carbonyl (C=O) groups is 1. The van der Waals surface area contributed by atoms with E-state index in [4.69, 9.17) is 5.73 Å². The fraction of sp³-hybridized carbons (Fsp3) is 0.0667. The van der Waals surface area contributed by atoms with Gasteiger partial charge in [-0.1, -0.05) is 0 Å². The Labute approximate surface area is 137 Å². The summed E-state index contributed by atoms with van der Waals surface area (Å²) in [6.07, 6.45) is 0. The van der Waals surface area contributed by atoms with Crippen LogP contribution in [0, 0.1) is 0 Å². The first kappa shape index (κ1) is 17.2. The fourth-order valence-electron chi connectivity index (χ4n) is 1.61. The zero-order valence-corrected chi connectivity index (χ0v) is 13.2.